The Morgan fingerprint density at radius 1 is 1.12 bits per heavy atom. The molecule has 0 spiro atoms. The first-order valence-corrected chi connectivity index (χ1v) is 11.4. The minimum atomic E-state index is -0.176. The minimum Gasteiger partial charge on any atom is -0.472 e. The molecule has 0 fully saturated rings. The van der Waals surface area contributed by atoms with E-state index in [0.717, 1.165) is 61.8 Å². The number of carbonyl (C=O) groups excluding carboxylic acids is 1. The number of fused-ring (bicyclic) bond motifs is 1. The van der Waals surface area contributed by atoms with Crippen LogP contribution in [0.5, 0.6) is 0 Å². The van der Waals surface area contributed by atoms with Gasteiger partial charge < -0.3 is 14.3 Å². The van der Waals surface area contributed by atoms with Crippen LogP contribution in [0.2, 0.25) is 0 Å². The van der Waals surface area contributed by atoms with Crippen molar-refractivity contribution >= 4 is 5.91 Å². The number of hydrogen-bond donors (Lipinski definition) is 1. The zero-order valence-corrected chi connectivity index (χ0v) is 19.5. The third-order valence-corrected chi connectivity index (χ3v) is 5.94. The summed E-state index contributed by atoms with van der Waals surface area (Å²) >= 11 is 0. The second-order valence-corrected chi connectivity index (χ2v) is 9.32. The van der Waals surface area contributed by atoms with Crippen molar-refractivity contribution in [3.63, 3.8) is 0 Å². The van der Waals surface area contributed by atoms with Gasteiger partial charge in [0.25, 0.3) is 5.91 Å². The number of carbonyl (C=O) groups is 1. The molecule has 4 rings (SSSR count). The van der Waals surface area contributed by atoms with Crippen LogP contribution in [0, 0.1) is 19.8 Å². The van der Waals surface area contributed by atoms with Gasteiger partial charge in [0.2, 0.25) is 0 Å². The Morgan fingerprint density at radius 3 is 2.59 bits per heavy atom. The summed E-state index contributed by atoms with van der Waals surface area (Å²) in [5.41, 5.74) is 4.05. The monoisotopic (exact) mass is 435 g/mol. The van der Waals surface area contributed by atoms with Crippen molar-refractivity contribution in [1.29, 1.82) is 0 Å². The molecule has 1 aliphatic rings. The molecule has 0 aliphatic carbocycles. The Hall–Kier alpha value is -2.93. The molecule has 3 heterocycles. The Kier molecular flexibility index (Phi) is 6.74. The molecule has 7 heteroatoms. The van der Waals surface area contributed by atoms with Crippen LogP contribution >= 0.6 is 0 Å². The van der Waals surface area contributed by atoms with Crippen molar-refractivity contribution in [3.05, 3.63) is 70.7 Å². The average molecular weight is 436 g/mol. The van der Waals surface area contributed by atoms with Crippen molar-refractivity contribution in [1.82, 2.24) is 25.0 Å². The molecule has 3 aromatic rings. The van der Waals surface area contributed by atoms with Gasteiger partial charge in [-0.3, -0.25) is 9.69 Å². The molecule has 0 radical (unpaired) electrons. The van der Waals surface area contributed by atoms with E-state index >= 15 is 0 Å². The first-order valence-electron chi connectivity index (χ1n) is 11.4. The van der Waals surface area contributed by atoms with Crippen LogP contribution < -0.4 is 5.32 Å². The second-order valence-electron chi connectivity index (χ2n) is 9.32. The summed E-state index contributed by atoms with van der Waals surface area (Å²) in [6.45, 7) is 11.9. The van der Waals surface area contributed by atoms with Crippen molar-refractivity contribution < 1.29 is 9.21 Å². The molecule has 0 saturated carbocycles. The molecule has 2 aromatic heterocycles. The van der Waals surface area contributed by atoms with Gasteiger partial charge in [-0.05, 0) is 44.4 Å². The fraction of sp³-hybridized carbons (Fsp3) is 0.480. The van der Waals surface area contributed by atoms with Crippen LogP contribution in [0.1, 0.15) is 65.0 Å². The van der Waals surface area contributed by atoms with Crippen LogP contribution in [0.25, 0.3) is 0 Å². The van der Waals surface area contributed by atoms with E-state index in [9.17, 15) is 4.79 Å². The van der Waals surface area contributed by atoms with Gasteiger partial charge in [-0.1, -0.05) is 31.0 Å². The second kappa shape index (κ2) is 9.69. The van der Waals surface area contributed by atoms with E-state index in [0.29, 0.717) is 11.5 Å². The normalized spacial score (nSPS) is 15.4. The SMILES string of the molecule is Cc1cc(C)cc(C(=O)N[C@@H](CC(C)C)c2nnc3n2CCN(Cc2ccoc2)CC3)c1. The summed E-state index contributed by atoms with van der Waals surface area (Å²) in [5, 5.41) is 12.3. The number of nitrogens with zero attached hydrogens (tertiary/aromatic N) is 4. The zero-order valence-electron chi connectivity index (χ0n) is 19.5. The van der Waals surface area contributed by atoms with E-state index in [2.05, 4.69) is 44.9 Å². The predicted octanol–water partition coefficient (Wildman–Crippen LogP) is 4.06. The molecular weight excluding hydrogens is 402 g/mol. The highest BCUT2D eigenvalue weighted by Gasteiger charge is 2.26. The summed E-state index contributed by atoms with van der Waals surface area (Å²) < 4.78 is 7.43. The van der Waals surface area contributed by atoms with Crippen LogP contribution in [0.4, 0.5) is 0 Å². The molecule has 1 amide bonds. The lowest BCUT2D eigenvalue weighted by Crippen LogP contribution is -2.32. The Labute approximate surface area is 189 Å². The Bertz CT molecular complexity index is 1030. The fourth-order valence-electron chi connectivity index (χ4n) is 4.49. The largest absolute Gasteiger partial charge is 0.472 e. The van der Waals surface area contributed by atoms with Gasteiger partial charge in [0.15, 0.2) is 5.82 Å². The van der Waals surface area contributed by atoms with Crippen LogP contribution in [0.3, 0.4) is 0 Å². The van der Waals surface area contributed by atoms with Crippen LogP contribution in [0.15, 0.2) is 41.2 Å². The van der Waals surface area contributed by atoms with E-state index in [1.54, 1.807) is 12.5 Å². The predicted molar refractivity (Wildman–Crippen MR) is 123 cm³/mol. The molecule has 0 unspecified atom stereocenters. The number of rotatable bonds is 7. The van der Waals surface area contributed by atoms with Crippen LogP contribution in [-0.4, -0.2) is 38.7 Å². The third-order valence-electron chi connectivity index (χ3n) is 5.94. The average Bonchev–Trinajstić information content (AvgIpc) is 3.34. The molecule has 1 atom stereocenters. The number of hydrogen-bond acceptors (Lipinski definition) is 5. The van der Waals surface area contributed by atoms with E-state index in [1.807, 2.05) is 32.0 Å². The molecule has 0 bridgehead atoms. The lowest BCUT2D eigenvalue weighted by molar-refractivity contribution is 0.0928. The molecule has 170 valence electrons. The first kappa shape index (κ1) is 22.3. The lowest BCUT2D eigenvalue weighted by atomic mass is 10.0. The maximum atomic E-state index is 13.1. The Morgan fingerprint density at radius 2 is 1.91 bits per heavy atom. The smallest absolute Gasteiger partial charge is 0.251 e. The highest BCUT2D eigenvalue weighted by molar-refractivity contribution is 5.94. The summed E-state index contributed by atoms with van der Waals surface area (Å²) in [6, 6.07) is 7.79. The molecule has 32 heavy (non-hydrogen) atoms. The first-order chi connectivity index (χ1) is 15.4. The molecule has 7 nitrogen and oxygen atoms in total. The van der Waals surface area contributed by atoms with Gasteiger partial charge in [-0.2, -0.15) is 0 Å². The van der Waals surface area contributed by atoms with Crippen molar-refractivity contribution in [2.45, 2.75) is 59.7 Å². The van der Waals surface area contributed by atoms with Gasteiger partial charge in [-0.15, -0.1) is 10.2 Å². The summed E-state index contributed by atoms with van der Waals surface area (Å²) in [6.07, 6.45) is 5.17. The van der Waals surface area contributed by atoms with E-state index in [-0.39, 0.29) is 11.9 Å². The Balaban J connectivity index is 1.52. The van der Waals surface area contributed by atoms with Crippen molar-refractivity contribution in [2.75, 3.05) is 13.1 Å². The molecule has 1 aliphatic heterocycles. The number of aromatic nitrogens is 3. The van der Waals surface area contributed by atoms with E-state index < -0.39 is 0 Å². The molecular formula is C25H33N5O2. The van der Waals surface area contributed by atoms with Gasteiger partial charge in [0, 0.05) is 43.7 Å². The number of furan rings is 1. The zero-order chi connectivity index (χ0) is 22.7. The topological polar surface area (TPSA) is 76.2 Å². The molecule has 0 saturated heterocycles. The summed E-state index contributed by atoms with van der Waals surface area (Å²) in [5.74, 6) is 2.20. The van der Waals surface area contributed by atoms with Crippen molar-refractivity contribution in [3.8, 4) is 0 Å². The summed E-state index contributed by atoms with van der Waals surface area (Å²) in [4.78, 5) is 15.5. The highest BCUT2D eigenvalue weighted by Crippen LogP contribution is 2.23. The summed E-state index contributed by atoms with van der Waals surface area (Å²) in [7, 11) is 0. The van der Waals surface area contributed by atoms with E-state index in [1.165, 1.54) is 5.56 Å². The maximum absolute atomic E-state index is 13.1. The number of nitrogens with one attached hydrogen (secondary N) is 1. The highest BCUT2D eigenvalue weighted by atomic mass is 16.3. The lowest BCUT2D eigenvalue weighted by Gasteiger charge is -2.22. The van der Waals surface area contributed by atoms with Gasteiger partial charge in [0.1, 0.15) is 5.82 Å². The number of aryl methyl sites for hydroxylation is 2. The maximum Gasteiger partial charge on any atom is 0.251 e. The van der Waals surface area contributed by atoms with Gasteiger partial charge in [-0.25, -0.2) is 0 Å². The number of amides is 1. The molecule has 1 N–H and O–H groups in total. The number of benzene rings is 1. The van der Waals surface area contributed by atoms with Gasteiger partial charge >= 0.3 is 0 Å². The molecule has 1 aromatic carbocycles. The quantitative estimate of drug-likeness (QED) is 0.606. The van der Waals surface area contributed by atoms with Gasteiger partial charge in [0.05, 0.1) is 18.6 Å². The third kappa shape index (κ3) is 5.27. The minimum absolute atomic E-state index is 0.0602. The van der Waals surface area contributed by atoms with Crippen molar-refractivity contribution in [2.24, 2.45) is 5.92 Å². The fourth-order valence-corrected chi connectivity index (χ4v) is 4.49. The standard InChI is InChI=1S/C25H33N5O2/c1-17(2)11-22(26-25(31)21-13-18(3)12-19(4)14-21)24-28-27-23-5-7-29(8-9-30(23)24)15-20-6-10-32-16-20/h6,10,12-14,16-17,22H,5,7-9,11,15H2,1-4H3,(H,26,31)/t22-/m0/s1. The van der Waals surface area contributed by atoms with E-state index in [4.69, 9.17) is 4.42 Å². The van der Waals surface area contributed by atoms with Crippen LogP contribution in [-0.2, 0) is 19.5 Å².